The fourth-order valence-electron chi connectivity index (χ4n) is 7.51. The Balaban J connectivity index is 1.47. The summed E-state index contributed by atoms with van der Waals surface area (Å²) >= 11 is 0. The minimum atomic E-state index is -1.08. The van der Waals surface area contributed by atoms with Crippen LogP contribution in [0.15, 0.2) is 36.0 Å². The van der Waals surface area contributed by atoms with Gasteiger partial charge in [-0.2, -0.15) is 0 Å². The zero-order valence-electron chi connectivity index (χ0n) is 25.4. The van der Waals surface area contributed by atoms with E-state index >= 15 is 0 Å². The van der Waals surface area contributed by atoms with E-state index in [0.717, 1.165) is 12.0 Å². The van der Waals surface area contributed by atoms with Gasteiger partial charge in [-0.15, -0.1) is 0 Å². The Bertz CT molecular complexity index is 1280. The second kappa shape index (κ2) is 12.5. The van der Waals surface area contributed by atoms with Crippen molar-refractivity contribution in [3.63, 3.8) is 0 Å². The Morgan fingerprint density at radius 2 is 1.77 bits per heavy atom. The van der Waals surface area contributed by atoms with Crippen molar-refractivity contribution in [1.82, 2.24) is 5.32 Å². The lowest BCUT2D eigenvalue weighted by molar-refractivity contribution is -0.233. The summed E-state index contributed by atoms with van der Waals surface area (Å²) in [4.78, 5) is 62.6. The van der Waals surface area contributed by atoms with Gasteiger partial charge in [0.1, 0.15) is 24.4 Å². The van der Waals surface area contributed by atoms with Crippen LogP contribution >= 0.6 is 0 Å². The van der Waals surface area contributed by atoms with Gasteiger partial charge in [0.25, 0.3) is 0 Å². The first-order valence-corrected chi connectivity index (χ1v) is 15.3. The average molecular weight is 616 g/mol. The number of cyclic esters (lactones) is 2. The van der Waals surface area contributed by atoms with Crippen molar-refractivity contribution >= 4 is 29.8 Å². The maximum absolute atomic E-state index is 13.8. The second-order valence-electron chi connectivity index (χ2n) is 12.8. The molecule has 1 amide bonds. The van der Waals surface area contributed by atoms with Crippen LogP contribution in [0.4, 0.5) is 0 Å². The molecule has 12 nitrogen and oxygen atoms in total. The molecule has 0 radical (unpaired) electrons. The summed E-state index contributed by atoms with van der Waals surface area (Å²) in [5, 5.41) is 11.7. The van der Waals surface area contributed by atoms with E-state index in [1.807, 2.05) is 13.8 Å². The normalized spacial score (nSPS) is 40.2. The number of hydrogen-bond donors (Lipinski definition) is 2. The molecule has 12 heteroatoms. The molecular formula is C32H41NO11. The summed E-state index contributed by atoms with van der Waals surface area (Å²) in [6.07, 6.45) is 7.83. The molecule has 5 aliphatic rings. The number of epoxide rings is 1. The van der Waals surface area contributed by atoms with E-state index in [1.165, 1.54) is 24.3 Å². The molecule has 8 atom stereocenters. The summed E-state index contributed by atoms with van der Waals surface area (Å²) in [5.74, 6) is -3.86. The zero-order chi connectivity index (χ0) is 31.7. The summed E-state index contributed by atoms with van der Waals surface area (Å²) in [6.45, 7) is 6.16. The van der Waals surface area contributed by atoms with Crippen LogP contribution in [0.25, 0.3) is 0 Å². The molecule has 240 valence electrons. The van der Waals surface area contributed by atoms with E-state index in [-0.39, 0.29) is 45.0 Å². The number of carbonyl (C=O) groups excluding carboxylic acids is 4. The number of carboxylic acid groups (broad SMARTS) is 1. The third kappa shape index (κ3) is 5.81. The maximum Gasteiger partial charge on any atom is 0.331 e. The number of esters is 3. The molecule has 2 spiro atoms. The predicted octanol–water partition coefficient (Wildman–Crippen LogP) is 2.55. The largest absolute Gasteiger partial charge is 0.481 e. The first-order valence-electron chi connectivity index (χ1n) is 15.3. The van der Waals surface area contributed by atoms with Gasteiger partial charge in [0.05, 0.1) is 30.8 Å². The van der Waals surface area contributed by atoms with Gasteiger partial charge in [0, 0.05) is 36.8 Å². The van der Waals surface area contributed by atoms with E-state index in [2.05, 4.69) is 11.4 Å². The molecule has 3 heterocycles. The molecule has 2 N–H and O–H groups in total. The van der Waals surface area contributed by atoms with Gasteiger partial charge in [-0.3, -0.25) is 9.59 Å². The molecule has 1 saturated carbocycles. The summed E-state index contributed by atoms with van der Waals surface area (Å²) in [6, 6.07) is -1.08. The van der Waals surface area contributed by atoms with Gasteiger partial charge in [0.2, 0.25) is 5.91 Å². The lowest BCUT2D eigenvalue weighted by Gasteiger charge is -2.58. The van der Waals surface area contributed by atoms with Gasteiger partial charge in [-0.05, 0) is 38.5 Å². The molecule has 2 aliphatic carbocycles. The Morgan fingerprint density at radius 3 is 2.48 bits per heavy atom. The van der Waals surface area contributed by atoms with Gasteiger partial charge >= 0.3 is 23.9 Å². The second-order valence-corrected chi connectivity index (χ2v) is 12.8. The average Bonchev–Trinajstić information content (AvgIpc) is 3.75. The van der Waals surface area contributed by atoms with Crippen molar-refractivity contribution in [1.29, 1.82) is 0 Å². The minimum absolute atomic E-state index is 0.0281. The number of nitrogens with one attached hydrogen (secondary N) is 1. The summed E-state index contributed by atoms with van der Waals surface area (Å²) in [5.41, 5.74) is -1.10. The Hall–Kier alpha value is -3.51. The number of ether oxygens (including phenoxy) is 5. The van der Waals surface area contributed by atoms with E-state index in [4.69, 9.17) is 28.8 Å². The van der Waals surface area contributed by atoms with Crippen molar-refractivity contribution in [2.75, 3.05) is 19.8 Å². The van der Waals surface area contributed by atoms with Crippen molar-refractivity contribution in [2.24, 2.45) is 16.7 Å². The van der Waals surface area contributed by atoms with Crippen LogP contribution in [0.5, 0.6) is 0 Å². The van der Waals surface area contributed by atoms with Crippen LogP contribution in [0.3, 0.4) is 0 Å². The number of carboxylic acids is 1. The predicted molar refractivity (Wildman–Crippen MR) is 153 cm³/mol. The Morgan fingerprint density at radius 1 is 1.05 bits per heavy atom. The molecule has 44 heavy (non-hydrogen) atoms. The third-order valence-corrected chi connectivity index (χ3v) is 10.3. The lowest BCUT2D eigenvalue weighted by Crippen LogP contribution is -2.67. The smallest absolute Gasteiger partial charge is 0.331 e. The highest BCUT2D eigenvalue weighted by Gasteiger charge is 2.83. The maximum atomic E-state index is 13.8. The number of hydrogen-bond acceptors (Lipinski definition) is 10. The minimum Gasteiger partial charge on any atom is -0.481 e. The highest BCUT2D eigenvalue weighted by Crippen LogP contribution is 2.72. The van der Waals surface area contributed by atoms with E-state index < -0.39 is 70.4 Å². The summed E-state index contributed by atoms with van der Waals surface area (Å²) < 4.78 is 30.2. The monoisotopic (exact) mass is 615 g/mol. The number of allylic oxidation sites excluding steroid dienone is 3. The van der Waals surface area contributed by atoms with Crippen LogP contribution in [-0.2, 0) is 47.7 Å². The topological polar surface area (TPSA) is 167 Å². The van der Waals surface area contributed by atoms with E-state index in [0.29, 0.717) is 19.4 Å². The SMILES string of the molecule is CC1=C[C@H]2O[C@@H]3C[C@H]4OC(=O)/C=C\C=C\C(=O)OCC[C@@H](C)[C@@H](NC(=O)CCCC(=O)O)C(=O)OC[C@@]2(CC1)[C@]4(C)[C@]31CO1. The Labute approximate surface area is 256 Å². The van der Waals surface area contributed by atoms with Gasteiger partial charge < -0.3 is 34.1 Å². The standard InChI is InChI=1S/C32H41NO11/c1-19-11-13-31-17-41-29(39)28(33-24(34)7-6-8-25(35)36)20(2)12-14-40-26(37)9-4-5-10-27(38)44-21-16-23(43-22(31)15-19)32(18-42-32)30(21,31)3/h4-5,9-10,15,20-23,28H,6-8,11-14,16-18H2,1-3H3,(H,33,34)(H,35,36)/b9-4+,10-5-/t20-,21-,22-,23-,28-,30-,31-,32+/m1/s1. The molecule has 3 fully saturated rings. The molecule has 3 aliphatic heterocycles. The highest BCUT2D eigenvalue weighted by atomic mass is 16.6. The van der Waals surface area contributed by atoms with Crippen molar-refractivity contribution < 1.29 is 52.8 Å². The molecule has 0 unspecified atom stereocenters. The number of carbonyl (C=O) groups is 5. The quantitative estimate of drug-likeness (QED) is 0.202. The van der Waals surface area contributed by atoms with Crippen LogP contribution in [0.2, 0.25) is 0 Å². The van der Waals surface area contributed by atoms with Crippen LogP contribution in [0.1, 0.15) is 65.7 Å². The molecule has 2 saturated heterocycles. The zero-order valence-corrected chi connectivity index (χ0v) is 25.4. The molecule has 0 aromatic heterocycles. The molecular weight excluding hydrogens is 574 g/mol. The first kappa shape index (κ1) is 31.9. The van der Waals surface area contributed by atoms with Crippen molar-refractivity contribution in [3.8, 4) is 0 Å². The highest BCUT2D eigenvalue weighted by molar-refractivity contribution is 5.85. The molecule has 0 aromatic carbocycles. The van der Waals surface area contributed by atoms with Gasteiger partial charge in [-0.1, -0.05) is 37.6 Å². The fraction of sp³-hybridized carbons (Fsp3) is 0.656. The Kier molecular flexibility index (Phi) is 9.04. The van der Waals surface area contributed by atoms with Gasteiger partial charge in [-0.25, -0.2) is 14.4 Å². The first-order chi connectivity index (χ1) is 20.9. The number of rotatable bonds is 5. The van der Waals surface area contributed by atoms with Crippen molar-refractivity contribution in [2.45, 2.75) is 95.7 Å². The molecule has 5 rings (SSSR count). The van der Waals surface area contributed by atoms with Crippen LogP contribution < -0.4 is 5.32 Å². The van der Waals surface area contributed by atoms with Gasteiger partial charge in [0.15, 0.2) is 0 Å². The lowest BCUT2D eigenvalue weighted by atomic mass is 9.51. The molecule has 0 aromatic rings. The number of aliphatic carboxylic acids is 1. The van der Waals surface area contributed by atoms with E-state index in [1.54, 1.807) is 6.92 Å². The third-order valence-electron chi connectivity index (χ3n) is 10.3. The number of amides is 1. The van der Waals surface area contributed by atoms with Crippen LogP contribution in [0, 0.1) is 16.7 Å². The van der Waals surface area contributed by atoms with Crippen LogP contribution in [-0.4, -0.2) is 84.7 Å². The summed E-state index contributed by atoms with van der Waals surface area (Å²) in [7, 11) is 0. The molecule has 2 bridgehead atoms. The fourth-order valence-corrected chi connectivity index (χ4v) is 7.51. The van der Waals surface area contributed by atoms with E-state index in [9.17, 15) is 24.0 Å². The van der Waals surface area contributed by atoms with Crippen molar-refractivity contribution in [3.05, 3.63) is 36.0 Å².